The van der Waals surface area contributed by atoms with E-state index in [1.807, 2.05) is 0 Å². The number of rotatable bonds is 17. The van der Waals surface area contributed by atoms with Crippen molar-refractivity contribution in [1.29, 1.82) is 0 Å². The van der Waals surface area contributed by atoms with Crippen LogP contribution in [0.1, 0.15) is 132 Å². The second kappa shape index (κ2) is 16.0. The van der Waals surface area contributed by atoms with E-state index in [0.29, 0.717) is 0 Å². The molecule has 26 heavy (non-hydrogen) atoms. The highest BCUT2D eigenvalue weighted by atomic mass is 14.2. The van der Waals surface area contributed by atoms with Gasteiger partial charge in [0, 0.05) is 0 Å². The van der Waals surface area contributed by atoms with E-state index in [9.17, 15) is 0 Å². The molecule has 0 aliphatic carbocycles. The number of hydrogen-bond donors (Lipinski definition) is 0. The summed E-state index contributed by atoms with van der Waals surface area (Å²) in [4.78, 5) is 0. The zero-order valence-electron chi connectivity index (χ0n) is 19.9. The van der Waals surface area contributed by atoms with Gasteiger partial charge in [-0.15, -0.1) is 0 Å². The fourth-order valence-corrected chi connectivity index (χ4v) is 5.02. The van der Waals surface area contributed by atoms with Crippen LogP contribution < -0.4 is 0 Å². The molecular weight excluding hydrogens is 312 g/mol. The fourth-order valence-electron chi connectivity index (χ4n) is 5.02. The minimum atomic E-state index is 0.906. The lowest BCUT2D eigenvalue weighted by Crippen LogP contribution is -2.09. The lowest BCUT2D eigenvalue weighted by Gasteiger charge is -2.22. The molecule has 0 nitrogen and oxygen atoms in total. The highest BCUT2D eigenvalue weighted by Crippen LogP contribution is 2.28. The molecule has 0 rings (SSSR count). The smallest absolute Gasteiger partial charge is 0.0438 e. The average Bonchev–Trinajstić information content (AvgIpc) is 2.54. The molecule has 6 atom stereocenters. The van der Waals surface area contributed by atoms with Crippen molar-refractivity contribution in [3.05, 3.63) is 0 Å². The first kappa shape index (κ1) is 26.0. The molecule has 0 bridgehead atoms. The maximum absolute atomic E-state index is 2.49. The Morgan fingerprint density at radius 1 is 0.423 bits per heavy atom. The monoisotopic (exact) mass is 366 g/mol. The van der Waals surface area contributed by atoms with Crippen LogP contribution in [0.2, 0.25) is 0 Å². The summed E-state index contributed by atoms with van der Waals surface area (Å²) in [5.74, 6) is 5.48. The molecule has 0 saturated carbocycles. The van der Waals surface area contributed by atoms with Gasteiger partial charge < -0.3 is 0 Å². The summed E-state index contributed by atoms with van der Waals surface area (Å²) in [7, 11) is 0. The van der Waals surface area contributed by atoms with Gasteiger partial charge in [-0.2, -0.15) is 0 Å². The van der Waals surface area contributed by atoms with E-state index in [1.165, 1.54) is 77.0 Å². The second-order valence-electron chi connectivity index (χ2n) is 10.4. The highest BCUT2D eigenvalue weighted by Gasteiger charge is 2.14. The van der Waals surface area contributed by atoms with Gasteiger partial charge in [-0.3, -0.25) is 0 Å². The first-order chi connectivity index (χ1) is 12.3. The molecule has 0 heteroatoms. The Bertz CT molecular complexity index is 294. The van der Waals surface area contributed by atoms with Gasteiger partial charge in [-0.1, -0.05) is 107 Å². The summed E-state index contributed by atoms with van der Waals surface area (Å²) in [5.41, 5.74) is 0. The third kappa shape index (κ3) is 15.1. The van der Waals surface area contributed by atoms with Crippen LogP contribution in [-0.2, 0) is 0 Å². The molecule has 0 heterocycles. The predicted octanol–water partition coefficient (Wildman–Crippen LogP) is 9.52. The molecule has 6 unspecified atom stereocenters. The molecule has 0 fully saturated rings. The standard InChI is InChI=1S/C26H54/c1-9-11-12-14-22(4)18-26(8)20-24(6)16-13-15-23(5)19-25(7)17-21(3)10-2/h21-26H,9-20H2,1-8H3. The molecule has 0 saturated heterocycles. The first-order valence-corrected chi connectivity index (χ1v) is 12.3. The maximum atomic E-state index is 2.49. The third-order valence-corrected chi connectivity index (χ3v) is 6.61. The molecule has 158 valence electrons. The van der Waals surface area contributed by atoms with Gasteiger partial charge in [0.15, 0.2) is 0 Å². The average molecular weight is 367 g/mol. The van der Waals surface area contributed by atoms with Gasteiger partial charge in [-0.25, -0.2) is 0 Å². The zero-order valence-corrected chi connectivity index (χ0v) is 19.9. The summed E-state index contributed by atoms with van der Waals surface area (Å²) in [6.07, 6.45) is 17.1. The van der Waals surface area contributed by atoms with Gasteiger partial charge in [-0.05, 0) is 61.2 Å². The Balaban J connectivity index is 3.81. The van der Waals surface area contributed by atoms with Crippen LogP contribution in [0.4, 0.5) is 0 Å². The van der Waals surface area contributed by atoms with E-state index in [-0.39, 0.29) is 0 Å². The van der Waals surface area contributed by atoms with Gasteiger partial charge in [0.2, 0.25) is 0 Å². The lowest BCUT2D eigenvalue weighted by molar-refractivity contribution is 0.298. The zero-order chi connectivity index (χ0) is 19.9. The van der Waals surface area contributed by atoms with Gasteiger partial charge in [0.1, 0.15) is 0 Å². The van der Waals surface area contributed by atoms with E-state index < -0.39 is 0 Å². The lowest BCUT2D eigenvalue weighted by atomic mass is 9.84. The quantitative estimate of drug-likeness (QED) is 0.225. The van der Waals surface area contributed by atoms with Crippen LogP contribution in [0, 0.1) is 35.5 Å². The second-order valence-corrected chi connectivity index (χ2v) is 10.4. The van der Waals surface area contributed by atoms with E-state index in [2.05, 4.69) is 55.4 Å². The number of unbranched alkanes of at least 4 members (excludes halogenated alkanes) is 2. The Labute approximate surface area is 168 Å². The van der Waals surface area contributed by atoms with Crippen molar-refractivity contribution in [2.75, 3.05) is 0 Å². The predicted molar refractivity (Wildman–Crippen MR) is 122 cm³/mol. The Kier molecular flexibility index (Phi) is 16.0. The van der Waals surface area contributed by atoms with Crippen LogP contribution in [0.5, 0.6) is 0 Å². The summed E-state index contributed by atoms with van der Waals surface area (Å²) in [5, 5.41) is 0. The van der Waals surface area contributed by atoms with Crippen molar-refractivity contribution in [2.45, 2.75) is 132 Å². The van der Waals surface area contributed by atoms with Crippen molar-refractivity contribution in [3.63, 3.8) is 0 Å². The minimum Gasteiger partial charge on any atom is -0.0654 e. The van der Waals surface area contributed by atoms with Crippen LogP contribution in [0.15, 0.2) is 0 Å². The van der Waals surface area contributed by atoms with Gasteiger partial charge >= 0.3 is 0 Å². The Morgan fingerprint density at radius 3 is 1.19 bits per heavy atom. The molecule has 0 aliphatic heterocycles. The van der Waals surface area contributed by atoms with Crippen molar-refractivity contribution in [3.8, 4) is 0 Å². The summed E-state index contributed by atoms with van der Waals surface area (Å²) in [6, 6.07) is 0. The fraction of sp³-hybridized carbons (Fsp3) is 1.00. The topological polar surface area (TPSA) is 0 Å². The van der Waals surface area contributed by atoms with Crippen LogP contribution >= 0.6 is 0 Å². The van der Waals surface area contributed by atoms with Crippen molar-refractivity contribution >= 4 is 0 Å². The Hall–Kier alpha value is 0. The van der Waals surface area contributed by atoms with Crippen molar-refractivity contribution in [2.24, 2.45) is 35.5 Å². The van der Waals surface area contributed by atoms with Crippen LogP contribution in [0.3, 0.4) is 0 Å². The Morgan fingerprint density at radius 2 is 0.808 bits per heavy atom. The summed E-state index contributed by atoms with van der Waals surface area (Å²) in [6.45, 7) is 19.5. The minimum absolute atomic E-state index is 0.906. The molecule has 0 aliphatic rings. The summed E-state index contributed by atoms with van der Waals surface area (Å²) >= 11 is 0. The van der Waals surface area contributed by atoms with E-state index in [0.717, 1.165) is 35.5 Å². The van der Waals surface area contributed by atoms with Crippen LogP contribution in [0.25, 0.3) is 0 Å². The molecular formula is C26H54. The van der Waals surface area contributed by atoms with Crippen molar-refractivity contribution < 1.29 is 0 Å². The maximum Gasteiger partial charge on any atom is -0.0438 e. The molecule has 0 N–H and O–H groups in total. The largest absolute Gasteiger partial charge is 0.0654 e. The van der Waals surface area contributed by atoms with Gasteiger partial charge in [0.05, 0.1) is 0 Å². The van der Waals surface area contributed by atoms with E-state index in [1.54, 1.807) is 0 Å². The molecule has 0 aromatic heterocycles. The molecule has 0 radical (unpaired) electrons. The molecule has 0 aromatic carbocycles. The van der Waals surface area contributed by atoms with E-state index in [4.69, 9.17) is 0 Å². The van der Waals surface area contributed by atoms with Crippen molar-refractivity contribution in [1.82, 2.24) is 0 Å². The SMILES string of the molecule is CCCCCC(C)CC(C)CC(C)CCCC(C)CC(C)CC(C)CC. The van der Waals surface area contributed by atoms with Crippen LogP contribution in [-0.4, -0.2) is 0 Å². The van der Waals surface area contributed by atoms with Gasteiger partial charge in [0.25, 0.3) is 0 Å². The third-order valence-electron chi connectivity index (χ3n) is 6.61. The van der Waals surface area contributed by atoms with E-state index >= 15 is 0 Å². The highest BCUT2D eigenvalue weighted by molar-refractivity contribution is 4.67. The molecule has 0 aromatic rings. The number of hydrogen-bond acceptors (Lipinski definition) is 0. The first-order valence-electron chi connectivity index (χ1n) is 12.3. The molecule has 0 amide bonds. The summed E-state index contributed by atoms with van der Waals surface area (Å²) < 4.78 is 0. The normalized spacial score (nSPS) is 18.9. The molecule has 0 spiro atoms.